The third kappa shape index (κ3) is 2.53. The summed E-state index contributed by atoms with van der Waals surface area (Å²) < 4.78 is 0. The average molecular weight is 241 g/mol. The molecule has 0 atom stereocenters. The van der Waals surface area contributed by atoms with Crippen LogP contribution in [-0.2, 0) is 4.79 Å². The van der Waals surface area contributed by atoms with E-state index in [9.17, 15) is 4.79 Å². The lowest BCUT2D eigenvalue weighted by Gasteiger charge is -2.38. The molecule has 17 heavy (non-hydrogen) atoms. The van der Waals surface area contributed by atoms with E-state index in [2.05, 4.69) is 5.16 Å². The number of carbonyl (C=O) groups is 1. The highest BCUT2D eigenvalue weighted by molar-refractivity contribution is 6.06. The number of oxime groups is 1. The summed E-state index contributed by atoms with van der Waals surface area (Å²) in [5.74, 6) is 0.0894. The molecule has 0 spiro atoms. The van der Waals surface area contributed by atoms with E-state index in [0.29, 0.717) is 25.9 Å². The Morgan fingerprint density at radius 2 is 1.82 bits per heavy atom. The van der Waals surface area contributed by atoms with Crippen LogP contribution in [0.25, 0.3) is 0 Å². The summed E-state index contributed by atoms with van der Waals surface area (Å²) in [5, 5.41) is 12.0. The molecule has 0 aromatic rings. The summed E-state index contributed by atoms with van der Waals surface area (Å²) in [6, 6.07) is 0. The summed E-state index contributed by atoms with van der Waals surface area (Å²) in [6.07, 6.45) is 4.43. The average Bonchev–Trinajstić information content (AvgIpc) is 2.39. The van der Waals surface area contributed by atoms with Crippen LogP contribution in [0.5, 0.6) is 0 Å². The summed E-state index contributed by atoms with van der Waals surface area (Å²) in [5.41, 5.74) is 5.02. The van der Waals surface area contributed by atoms with Crippen LogP contribution in [0.2, 0.25) is 0 Å². The largest absolute Gasteiger partial charge is 0.409 e. The zero-order valence-electron chi connectivity index (χ0n) is 10.8. The summed E-state index contributed by atoms with van der Waals surface area (Å²) in [7, 11) is 0. The topological polar surface area (TPSA) is 78.9 Å². The Morgan fingerprint density at radius 1 is 1.29 bits per heavy atom. The van der Waals surface area contributed by atoms with Crippen molar-refractivity contribution in [3.63, 3.8) is 0 Å². The van der Waals surface area contributed by atoms with E-state index in [-0.39, 0.29) is 11.7 Å². The number of carbonyl (C=O) groups excluding carboxylic acids is 1. The molecule has 0 heterocycles. The van der Waals surface area contributed by atoms with E-state index in [1.807, 2.05) is 13.8 Å². The Labute approximate surface area is 103 Å². The van der Waals surface area contributed by atoms with Gasteiger partial charge in [-0.3, -0.25) is 4.79 Å². The number of hydrogen-bond acceptors (Lipinski definition) is 3. The molecule has 3 N–H and O–H groups in total. The minimum absolute atomic E-state index is 0.0116. The molecular weight excluding hydrogens is 218 g/mol. The Bertz CT molecular complexity index is 292. The maximum Gasteiger partial charge on any atom is 0.236 e. The normalized spacial score (nSPS) is 20.0. The van der Waals surface area contributed by atoms with Gasteiger partial charge in [0.2, 0.25) is 5.91 Å². The highest BCUT2D eigenvalue weighted by atomic mass is 16.4. The van der Waals surface area contributed by atoms with Gasteiger partial charge in [0.25, 0.3) is 0 Å². The quantitative estimate of drug-likeness (QED) is 0.339. The molecule has 1 saturated carbocycles. The van der Waals surface area contributed by atoms with Crippen LogP contribution in [-0.4, -0.2) is 34.9 Å². The molecule has 1 rings (SSSR count). The van der Waals surface area contributed by atoms with Gasteiger partial charge >= 0.3 is 0 Å². The summed E-state index contributed by atoms with van der Waals surface area (Å²) >= 11 is 0. The number of amides is 1. The predicted octanol–water partition coefficient (Wildman–Crippen LogP) is 1.55. The van der Waals surface area contributed by atoms with E-state index < -0.39 is 5.41 Å². The zero-order valence-corrected chi connectivity index (χ0v) is 10.8. The van der Waals surface area contributed by atoms with Crippen molar-refractivity contribution in [1.82, 2.24) is 4.90 Å². The lowest BCUT2D eigenvalue weighted by atomic mass is 9.72. The van der Waals surface area contributed by atoms with E-state index in [1.165, 1.54) is 0 Å². The van der Waals surface area contributed by atoms with Crippen LogP contribution >= 0.6 is 0 Å². The molecule has 1 aliphatic carbocycles. The van der Waals surface area contributed by atoms with Crippen LogP contribution in [0.3, 0.4) is 0 Å². The van der Waals surface area contributed by atoms with Crippen LogP contribution in [0, 0.1) is 5.41 Å². The van der Waals surface area contributed by atoms with Crippen LogP contribution in [0.4, 0.5) is 0 Å². The van der Waals surface area contributed by atoms with E-state index in [4.69, 9.17) is 10.9 Å². The molecular formula is C12H23N3O2. The van der Waals surface area contributed by atoms with Gasteiger partial charge in [0, 0.05) is 13.1 Å². The minimum atomic E-state index is -0.765. The number of rotatable bonds is 4. The van der Waals surface area contributed by atoms with Crippen LogP contribution < -0.4 is 5.73 Å². The van der Waals surface area contributed by atoms with Crippen molar-refractivity contribution in [3.05, 3.63) is 0 Å². The fourth-order valence-electron chi connectivity index (χ4n) is 2.64. The minimum Gasteiger partial charge on any atom is -0.409 e. The van der Waals surface area contributed by atoms with Crippen LogP contribution in [0.1, 0.15) is 46.0 Å². The van der Waals surface area contributed by atoms with Crippen molar-refractivity contribution in [2.24, 2.45) is 16.3 Å². The monoisotopic (exact) mass is 241 g/mol. The van der Waals surface area contributed by atoms with E-state index >= 15 is 0 Å². The van der Waals surface area contributed by atoms with Gasteiger partial charge in [-0.05, 0) is 26.7 Å². The number of hydrogen-bond donors (Lipinski definition) is 2. The molecule has 0 bridgehead atoms. The lowest BCUT2D eigenvalue weighted by molar-refractivity contribution is -0.139. The first-order chi connectivity index (χ1) is 8.12. The maximum absolute atomic E-state index is 12.5. The molecule has 1 aliphatic rings. The highest BCUT2D eigenvalue weighted by Crippen LogP contribution is 2.38. The standard InChI is InChI=1S/C12H23N3O2/c1-3-15(4-2)11(16)12(10(13)14-17)8-6-5-7-9-12/h17H,3-9H2,1-2H3,(H2,13,14). The maximum atomic E-state index is 12.5. The fourth-order valence-corrected chi connectivity index (χ4v) is 2.64. The first kappa shape index (κ1) is 13.8. The molecule has 5 heteroatoms. The summed E-state index contributed by atoms with van der Waals surface area (Å²) in [6.45, 7) is 5.22. The molecule has 0 aromatic heterocycles. The number of amidine groups is 1. The zero-order chi connectivity index (χ0) is 12.9. The molecule has 1 amide bonds. The predicted molar refractivity (Wildman–Crippen MR) is 66.9 cm³/mol. The number of nitrogens with zero attached hydrogens (tertiary/aromatic N) is 2. The Morgan fingerprint density at radius 3 is 2.24 bits per heavy atom. The fraction of sp³-hybridized carbons (Fsp3) is 0.833. The van der Waals surface area contributed by atoms with Gasteiger partial charge in [0.15, 0.2) is 5.84 Å². The first-order valence-electron chi connectivity index (χ1n) is 6.39. The molecule has 0 saturated heterocycles. The third-order valence-corrected chi connectivity index (χ3v) is 3.77. The highest BCUT2D eigenvalue weighted by Gasteiger charge is 2.45. The Kier molecular flexibility index (Phi) is 4.78. The second-order valence-corrected chi connectivity index (χ2v) is 4.61. The van der Waals surface area contributed by atoms with Crippen molar-refractivity contribution < 1.29 is 10.0 Å². The smallest absolute Gasteiger partial charge is 0.236 e. The van der Waals surface area contributed by atoms with Gasteiger partial charge in [-0.2, -0.15) is 0 Å². The molecule has 0 aliphatic heterocycles. The van der Waals surface area contributed by atoms with Crippen molar-refractivity contribution in [1.29, 1.82) is 0 Å². The first-order valence-corrected chi connectivity index (χ1v) is 6.39. The number of nitrogens with two attached hydrogens (primary N) is 1. The van der Waals surface area contributed by atoms with Gasteiger partial charge in [0.05, 0.1) is 0 Å². The van der Waals surface area contributed by atoms with Gasteiger partial charge in [-0.1, -0.05) is 24.4 Å². The second-order valence-electron chi connectivity index (χ2n) is 4.61. The summed E-state index contributed by atoms with van der Waals surface area (Å²) in [4.78, 5) is 14.3. The van der Waals surface area contributed by atoms with E-state index in [1.54, 1.807) is 4.90 Å². The third-order valence-electron chi connectivity index (χ3n) is 3.77. The van der Waals surface area contributed by atoms with Gasteiger partial charge in [0.1, 0.15) is 5.41 Å². The van der Waals surface area contributed by atoms with Gasteiger partial charge in [-0.25, -0.2) is 0 Å². The van der Waals surface area contributed by atoms with Gasteiger partial charge in [-0.15, -0.1) is 0 Å². The van der Waals surface area contributed by atoms with Crippen molar-refractivity contribution in [2.75, 3.05) is 13.1 Å². The molecule has 0 aromatic carbocycles. The Balaban J connectivity index is 3.01. The molecule has 5 nitrogen and oxygen atoms in total. The lowest BCUT2D eigenvalue weighted by Crippen LogP contribution is -2.52. The van der Waals surface area contributed by atoms with Crippen LogP contribution in [0.15, 0.2) is 5.16 Å². The SMILES string of the molecule is CCN(CC)C(=O)C1(C(N)=NO)CCCCC1. The van der Waals surface area contributed by atoms with Crippen molar-refractivity contribution >= 4 is 11.7 Å². The molecule has 1 fully saturated rings. The van der Waals surface area contributed by atoms with Crippen molar-refractivity contribution in [2.45, 2.75) is 46.0 Å². The molecule has 98 valence electrons. The molecule has 0 radical (unpaired) electrons. The Hall–Kier alpha value is -1.26. The van der Waals surface area contributed by atoms with Crippen molar-refractivity contribution in [3.8, 4) is 0 Å². The van der Waals surface area contributed by atoms with E-state index in [0.717, 1.165) is 19.3 Å². The van der Waals surface area contributed by atoms with Gasteiger partial charge < -0.3 is 15.8 Å². The second kappa shape index (κ2) is 5.89. The molecule has 0 unspecified atom stereocenters.